The maximum atomic E-state index is 13.1. The fraction of sp³-hybridized carbons (Fsp3) is 0.360. The molecule has 186 valence electrons. The van der Waals surface area contributed by atoms with E-state index < -0.39 is 21.6 Å². The van der Waals surface area contributed by atoms with Crippen molar-refractivity contribution in [1.82, 2.24) is 5.32 Å². The van der Waals surface area contributed by atoms with Crippen molar-refractivity contribution >= 4 is 21.5 Å². The Balaban J connectivity index is 1.29. The van der Waals surface area contributed by atoms with Gasteiger partial charge in [0, 0.05) is 11.6 Å². The Morgan fingerprint density at radius 2 is 1.71 bits per heavy atom. The van der Waals surface area contributed by atoms with Crippen LogP contribution in [0.5, 0.6) is 0 Å². The van der Waals surface area contributed by atoms with Gasteiger partial charge in [-0.25, -0.2) is 12.8 Å². The first kappa shape index (κ1) is 25.1. The van der Waals surface area contributed by atoms with Crippen molar-refractivity contribution in [2.75, 3.05) is 12.3 Å². The van der Waals surface area contributed by atoms with Crippen molar-refractivity contribution in [1.29, 1.82) is 0 Å². The Morgan fingerprint density at radius 1 is 1.03 bits per heavy atom. The van der Waals surface area contributed by atoms with Crippen LogP contribution in [0.2, 0.25) is 0 Å². The monoisotopic (exact) mass is 508 g/mol. The van der Waals surface area contributed by atoms with Crippen molar-refractivity contribution in [3.63, 3.8) is 0 Å². The maximum Gasteiger partial charge on any atom is 0.416 e. The molecule has 1 N–H and O–H groups in total. The SMILES string of the molecule is O=C(NC1CCC(CS(=O)(=O)c2cccc(C(F)(F)F)c2)CC1)C1=CC(c2ccc(F)cc2)=NC1. The number of alkyl halides is 3. The number of hydrogen-bond donors (Lipinski definition) is 1. The second kappa shape index (κ2) is 9.93. The van der Waals surface area contributed by atoms with Gasteiger partial charge in [0.25, 0.3) is 0 Å². The lowest BCUT2D eigenvalue weighted by molar-refractivity contribution is -0.137. The number of sulfone groups is 1. The summed E-state index contributed by atoms with van der Waals surface area (Å²) in [6.45, 7) is 0.225. The Morgan fingerprint density at radius 3 is 2.37 bits per heavy atom. The van der Waals surface area contributed by atoms with Crippen molar-refractivity contribution in [2.24, 2.45) is 10.9 Å². The summed E-state index contributed by atoms with van der Waals surface area (Å²) in [5.74, 6) is -1.02. The largest absolute Gasteiger partial charge is 0.416 e. The molecule has 4 rings (SSSR count). The van der Waals surface area contributed by atoms with E-state index >= 15 is 0 Å². The van der Waals surface area contributed by atoms with Crippen LogP contribution in [0.1, 0.15) is 36.8 Å². The number of carbonyl (C=O) groups is 1. The van der Waals surface area contributed by atoms with Gasteiger partial charge in [-0.3, -0.25) is 9.79 Å². The molecule has 1 aliphatic heterocycles. The molecule has 1 fully saturated rings. The van der Waals surface area contributed by atoms with Crippen molar-refractivity contribution < 1.29 is 30.8 Å². The van der Waals surface area contributed by atoms with Gasteiger partial charge in [0.15, 0.2) is 9.84 Å². The Bertz CT molecular complexity index is 1260. The van der Waals surface area contributed by atoms with Crippen molar-refractivity contribution in [3.05, 3.63) is 77.1 Å². The molecule has 0 aromatic heterocycles. The highest BCUT2D eigenvalue weighted by Gasteiger charge is 2.33. The summed E-state index contributed by atoms with van der Waals surface area (Å²) in [5, 5.41) is 2.97. The summed E-state index contributed by atoms with van der Waals surface area (Å²) in [4.78, 5) is 16.7. The second-order valence-corrected chi connectivity index (χ2v) is 10.9. The molecule has 10 heteroatoms. The Hall–Kier alpha value is -3.01. The predicted octanol–water partition coefficient (Wildman–Crippen LogP) is 4.72. The summed E-state index contributed by atoms with van der Waals surface area (Å²) in [5.41, 5.74) is 0.840. The Kier molecular flexibility index (Phi) is 7.12. The lowest BCUT2D eigenvalue weighted by atomic mass is 9.87. The highest BCUT2D eigenvalue weighted by molar-refractivity contribution is 7.91. The Labute approximate surface area is 200 Å². The van der Waals surface area contributed by atoms with Gasteiger partial charge in [0.05, 0.1) is 28.5 Å². The molecule has 2 aromatic rings. The zero-order valence-electron chi connectivity index (χ0n) is 18.7. The van der Waals surface area contributed by atoms with Crippen LogP contribution in [0.3, 0.4) is 0 Å². The van der Waals surface area contributed by atoms with Crippen LogP contribution in [0, 0.1) is 11.7 Å². The predicted molar refractivity (Wildman–Crippen MR) is 123 cm³/mol. The van der Waals surface area contributed by atoms with E-state index in [0.717, 1.165) is 17.7 Å². The molecule has 1 aliphatic carbocycles. The molecule has 1 amide bonds. The average molecular weight is 509 g/mol. The van der Waals surface area contributed by atoms with E-state index in [4.69, 9.17) is 0 Å². The highest BCUT2D eigenvalue weighted by Crippen LogP contribution is 2.32. The second-order valence-electron chi connectivity index (χ2n) is 8.88. The number of nitrogens with one attached hydrogen (secondary N) is 1. The normalized spacial score (nSPS) is 20.8. The molecule has 0 spiro atoms. The van der Waals surface area contributed by atoms with Gasteiger partial charge in [-0.05, 0) is 85.7 Å². The van der Waals surface area contributed by atoms with E-state index in [1.165, 1.54) is 18.2 Å². The van der Waals surface area contributed by atoms with Crippen LogP contribution in [-0.2, 0) is 20.8 Å². The minimum absolute atomic E-state index is 0.120. The maximum absolute atomic E-state index is 13.1. The topological polar surface area (TPSA) is 75.6 Å². The smallest absolute Gasteiger partial charge is 0.350 e. The number of aliphatic imine (C=N–C) groups is 1. The van der Waals surface area contributed by atoms with Gasteiger partial charge in [0.1, 0.15) is 5.82 Å². The molecule has 2 aliphatic rings. The third-order valence-electron chi connectivity index (χ3n) is 6.32. The highest BCUT2D eigenvalue weighted by atomic mass is 32.2. The molecular weight excluding hydrogens is 484 g/mol. The van der Waals surface area contributed by atoms with Gasteiger partial charge in [-0.2, -0.15) is 13.2 Å². The summed E-state index contributed by atoms with van der Waals surface area (Å²) >= 11 is 0. The molecular formula is C25H24F4N2O3S. The molecule has 1 heterocycles. The molecule has 2 aromatic carbocycles. The average Bonchev–Trinajstić information content (AvgIpc) is 3.31. The number of amides is 1. The fourth-order valence-corrected chi connectivity index (χ4v) is 6.12. The van der Waals surface area contributed by atoms with E-state index in [9.17, 15) is 30.8 Å². The first-order valence-corrected chi connectivity index (χ1v) is 12.9. The molecule has 0 unspecified atom stereocenters. The molecule has 5 nitrogen and oxygen atoms in total. The number of allylic oxidation sites excluding steroid dienone is 1. The van der Waals surface area contributed by atoms with E-state index in [-0.39, 0.29) is 40.9 Å². The summed E-state index contributed by atoms with van der Waals surface area (Å²) in [6.07, 6.45) is -0.697. The summed E-state index contributed by atoms with van der Waals surface area (Å²) in [7, 11) is -3.87. The molecule has 0 atom stereocenters. The summed E-state index contributed by atoms with van der Waals surface area (Å²) < 4.78 is 77.3. The van der Waals surface area contributed by atoms with Gasteiger partial charge in [0.2, 0.25) is 5.91 Å². The number of hydrogen-bond acceptors (Lipinski definition) is 4. The fourth-order valence-electron chi connectivity index (χ4n) is 4.38. The summed E-state index contributed by atoms with van der Waals surface area (Å²) in [6, 6.07) is 9.55. The third-order valence-corrected chi connectivity index (χ3v) is 8.20. The van der Waals surface area contributed by atoms with Gasteiger partial charge in [-0.1, -0.05) is 6.07 Å². The van der Waals surface area contributed by atoms with Crippen LogP contribution < -0.4 is 5.32 Å². The van der Waals surface area contributed by atoms with Crippen molar-refractivity contribution in [2.45, 2.75) is 42.8 Å². The lowest BCUT2D eigenvalue weighted by Crippen LogP contribution is -2.39. The third kappa shape index (κ3) is 6.17. The van der Waals surface area contributed by atoms with Crippen LogP contribution >= 0.6 is 0 Å². The van der Waals surface area contributed by atoms with Gasteiger partial charge >= 0.3 is 6.18 Å². The van der Waals surface area contributed by atoms with Crippen LogP contribution in [0.25, 0.3) is 0 Å². The van der Waals surface area contributed by atoms with E-state index in [1.54, 1.807) is 18.2 Å². The van der Waals surface area contributed by atoms with Gasteiger partial charge < -0.3 is 5.32 Å². The minimum atomic E-state index is -4.61. The number of nitrogens with zero attached hydrogens (tertiary/aromatic N) is 1. The van der Waals surface area contributed by atoms with Gasteiger partial charge in [-0.15, -0.1) is 0 Å². The minimum Gasteiger partial charge on any atom is -0.350 e. The standard InChI is InChI=1S/C25H24F4N2O3S/c26-20-8-6-17(7-9-20)23-12-18(14-30-23)24(32)31-21-10-4-16(5-11-21)15-35(33,34)22-3-1-2-19(13-22)25(27,28)29/h1-3,6-9,12-13,16,21H,4-5,10-11,14-15H2,(H,31,32). The lowest BCUT2D eigenvalue weighted by Gasteiger charge is -2.29. The number of benzene rings is 2. The first-order chi connectivity index (χ1) is 16.5. The van der Waals surface area contributed by atoms with E-state index in [0.29, 0.717) is 43.0 Å². The molecule has 0 radical (unpaired) electrons. The molecule has 1 saturated carbocycles. The van der Waals surface area contributed by atoms with Crippen LogP contribution in [-0.4, -0.2) is 38.4 Å². The van der Waals surface area contributed by atoms with E-state index in [1.807, 2.05) is 0 Å². The molecule has 0 saturated heterocycles. The first-order valence-electron chi connectivity index (χ1n) is 11.2. The van der Waals surface area contributed by atoms with Crippen molar-refractivity contribution in [3.8, 4) is 0 Å². The molecule has 0 bridgehead atoms. The van der Waals surface area contributed by atoms with E-state index in [2.05, 4.69) is 10.3 Å². The zero-order chi connectivity index (χ0) is 25.2. The molecule has 35 heavy (non-hydrogen) atoms. The quantitative estimate of drug-likeness (QED) is 0.574. The zero-order valence-corrected chi connectivity index (χ0v) is 19.5. The number of carbonyl (C=O) groups excluding carboxylic acids is 1. The van der Waals surface area contributed by atoms with Crippen LogP contribution in [0.15, 0.2) is 70.1 Å². The number of rotatable bonds is 6. The van der Waals surface area contributed by atoms with Crippen LogP contribution in [0.4, 0.5) is 17.6 Å². The number of halogens is 4.